The van der Waals surface area contributed by atoms with Crippen molar-refractivity contribution in [2.45, 2.75) is 131 Å². The number of amides is 1. The molecule has 7 rings (SSSR count). The molecule has 1 amide bonds. The van der Waals surface area contributed by atoms with Crippen molar-refractivity contribution < 1.29 is 58.9 Å². The van der Waals surface area contributed by atoms with Crippen LogP contribution in [-0.4, -0.2) is 121 Å². The molecular weight excluding hydrogens is 885 g/mol. The molecule has 0 aliphatic carbocycles. The van der Waals surface area contributed by atoms with Gasteiger partial charge in [0.15, 0.2) is 5.75 Å². The van der Waals surface area contributed by atoms with E-state index in [1.165, 1.54) is 59.4 Å². The summed E-state index contributed by atoms with van der Waals surface area (Å²) in [5.74, 6) is -8.52. The molecule has 9 atom stereocenters. The van der Waals surface area contributed by atoms with Crippen molar-refractivity contribution in [1.29, 1.82) is 0 Å². The summed E-state index contributed by atoms with van der Waals surface area (Å²) in [4.78, 5) is 43.6. The van der Waals surface area contributed by atoms with Crippen molar-refractivity contribution in [2.75, 3.05) is 25.5 Å². The SMILES string of the molecule is CO[C@H]1/C=C/O[C@@]2(C)Oc3c(C)c(O)c4c(O)c(c(/C=N\N5CC(C)(C)N(Cc6ccccc6)CC5(C)C)c(O)c4c3C2=O)NC(=O)/C(C)=C\C=C\[C@@H](C)[C@H](O)[C@@H](C)[C@H](O)[C@@H](C)[C@H](OC(C)=O)[C@@H]1C. The van der Waals surface area contributed by atoms with E-state index in [0.717, 1.165) is 5.56 Å². The van der Waals surface area contributed by atoms with E-state index in [-0.39, 0.29) is 50.0 Å². The Balaban J connectivity index is 1.51. The van der Waals surface area contributed by atoms with Gasteiger partial charge in [-0.25, -0.2) is 0 Å². The molecule has 0 spiro atoms. The highest BCUT2D eigenvalue weighted by atomic mass is 16.7. The molecule has 1 fully saturated rings. The third-order valence-electron chi connectivity index (χ3n) is 14.2. The fraction of sp³-hybridized carbons (Fsp3) is 0.509. The summed E-state index contributed by atoms with van der Waals surface area (Å²) < 4.78 is 23.9. The van der Waals surface area contributed by atoms with Crippen molar-refractivity contribution in [3.63, 3.8) is 0 Å². The van der Waals surface area contributed by atoms with Gasteiger partial charge in [-0.2, -0.15) is 5.10 Å². The number of phenolic OH excluding ortho intramolecular Hbond substituents is 3. The lowest BCUT2D eigenvalue weighted by atomic mass is 9.78. The number of fused-ring (bicyclic) bond motifs is 14. The number of hydrogen-bond donors (Lipinski definition) is 6. The molecule has 16 nitrogen and oxygen atoms in total. The lowest BCUT2D eigenvalue weighted by Crippen LogP contribution is -2.65. The minimum Gasteiger partial charge on any atom is -0.507 e. The molecule has 0 unspecified atom stereocenters. The number of carbonyl (C=O) groups excluding carboxylic acids is 3. The summed E-state index contributed by atoms with van der Waals surface area (Å²) >= 11 is 0. The second-order valence-electron chi connectivity index (χ2n) is 20.4. The molecule has 0 saturated carbocycles. The summed E-state index contributed by atoms with van der Waals surface area (Å²) in [7, 11) is 1.44. The fourth-order valence-corrected chi connectivity index (χ4v) is 9.71. The number of ether oxygens (including phenoxy) is 4. The van der Waals surface area contributed by atoms with E-state index in [1.54, 1.807) is 39.8 Å². The van der Waals surface area contributed by atoms with Crippen molar-refractivity contribution in [2.24, 2.45) is 28.8 Å². The molecule has 6 N–H and O–H groups in total. The maximum absolute atomic E-state index is 14.7. The Bertz CT molecular complexity index is 2570. The summed E-state index contributed by atoms with van der Waals surface area (Å²) in [6.45, 7) is 22.7. The van der Waals surface area contributed by atoms with E-state index >= 15 is 0 Å². The molecule has 374 valence electrons. The van der Waals surface area contributed by atoms with Crippen molar-refractivity contribution in [1.82, 2.24) is 9.91 Å². The van der Waals surface area contributed by atoms with Gasteiger partial charge in [-0.05, 0) is 53.2 Å². The number of aromatic hydroxyl groups is 3. The minimum absolute atomic E-state index is 0.0466. The number of methoxy groups -OCH3 is 1. The van der Waals surface area contributed by atoms with Gasteiger partial charge in [-0.15, -0.1) is 0 Å². The Kier molecular flexibility index (Phi) is 15.3. The van der Waals surface area contributed by atoms with Crippen LogP contribution in [0.15, 0.2) is 71.6 Å². The van der Waals surface area contributed by atoms with Gasteiger partial charge in [0.2, 0.25) is 0 Å². The number of benzene rings is 3. The number of carbonyl (C=O) groups is 3. The van der Waals surface area contributed by atoms with Crippen molar-refractivity contribution in [3.8, 4) is 23.0 Å². The summed E-state index contributed by atoms with van der Waals surface area (Å²) in [6.07, 6.45) is 4.88. The first-order valence-electron chi connectivity index (χ1n) is 23.4. The Hall–Kier alpha value is -5.94. The number of esters is 1. The number of hydrogen-bond acceptors (Lipinski definition) is 15. The van der Waals surface area contributed by atoms with Gasteiger partial charge in [-0.1, -0.05) is 76.3 Å². The first-order chi connectivity index (χ1) is 32.3. The van der Waals surface area contributed by atoms with Crippen LogP contribution in [0.5, 0.6) is 23.0 Å². The standard InChI is InChI=1S/C53H70N4O12/c1-28-18-17-19-29(2)50(65)55-41-36(24-54-57-27-51(8,9)56(26-52(57,10)11)25-35-20-15-14-16-21-35)45(62)38-39(46(41)63)44(61)33(6)48-40(38)49(64)53(12,69-48)67-23-22-37(66-13)30(3)47(68-34(7)58)32(5)43(60)31(4)42(28)59/h14-24,28,30-32,37,42-43,47,59-63H,25-27H2,1-13H3,(H,55,65)/b18-17+,23-22+,29-19-,54-24-/t28-,30-,31-,32-,37+,42+,43+,47-,53+/m1/s1. The largest absolute Gasteiger partial charge is 0.507 e. The third kappa shape index (κ3) is 10.4. The number of aliphatic hydroxyl groups excluding tert-OH is 2. The van der Waals surface area contributed by atoms with Crippen LogP contribution >= 0.6 is 0 Å². The molecule has 1 saturated heterocycles. The van der Waals surface area contributed by atoms with Crippen molar-refractivity contribution in [3.05, 3.63) is 88.7 Å². The fourth-order valence-electron chi connectivity index (χ4n) is 9.71. The van der Waals surface area contributed by atoms with Gasteiger partial charge in [-0.3, -0.25) is 24.3 Å². The van der Waals surface area contributed by atoms with Crippen LogP contribution in [0.2, 0.25) is 0 Å². The summed E-state index contributed by atoms with van der Waals surface area (Å²) in [6, 6.07) is 10.2. The number of anilines is 1. The molecule has 4 aliphatic rings. The van der Waals surface area contributed by atoms with Crippen LogP contribution in [-0.2, 0) is 30.3 Å². The topological polar surface area (TPSA) is 220 Å². The average Bonchev–Trinajstić information content (AvgIpc) is 3.56. The van der Waals surface area contributed by atoms with Gasteiger partial charge >= 0.3 is 11.8 Å². The number of nitrogens with zero attached hydrogens (tertiary/aromatic N) is 3. The van der Waals surface area contributed by atoms with Crippen molar-refractivity contribution >= 4 is 40.3 Å². The molecule has 5 bridgehead atoms. The monoisotopic (exact) mass is 954 g/mol. The highest BCUT2D eigenvalue weighted by Gasteiger charge is 2.50. The van der Waals surface area contributed by atoms with E-state index < -0.39 is 94.3 Å². The molecule has 4 heterocycles. The minimum atomic E-state index is -2.08. The number of phenols is 3. The predicted molar refractivity (Wildman–Crippen MR) is 263 cm³/mol. The lowest BCUT2D eigenvalue weighted by Gasteiger charge is -2.54. The molecule has 16 heteroatoms. The van der Waals surface area contributed by atoms with E-state index in [9.17, 15) is 39.9 Å². The van der Waals surface area contributed by atoms with Gasteiger partial charge in [0.25, 0.3) is 11.7 Å². The Morgan fingerprint density at radius 2 is 1.55 bits per heavy atom. The maximum atomic E-state index is 14.7. The lowest BCUT2D eigenvalue weighted by molar-refractivity contribution is -0.160. The number of allylic oxidation sites excluding steroid dienone is 2. The number of hydrazone groups is 1. The highest BCUT2D eigenvalue weighted by molar-refractivity contribution is 6.23. The van der Waals surface area contributed by atoms with Crippen LogP contribution in [0.1, 0.15) is 103 Å². The molecule has 3 aromatic rings. The van der Waals surface area contributed by atoms with E-state index in [1.807, 2.05) is 37.1 Å². The second kappa shape index (κ2) is 20.2. The van der Waals surface area contributed by atoms with Gasteiger partial charge in [0, 0.05) is 79.8 Å². The van der Waals surface area contributed by atoms with Crippen LogP contribution in [0.25, 0.3) is 10.8 Å². The molecule has 0 aromatic heterocycles. The zero-order valence-corrected chi connectivity index (χ0v) is 42.0. The Labute approximate surface area is 404 Å². The maximum Gasteiger partial charge on any atom is 0.312 e. The zero-order valence-electron chi connectivity index (χ0n) is 42.0. The first-order valence-corrected chi connectivity index (χ1v) is 23.4. The van der Waals surface area contributed by atoms with E-state index in [0.29, 0.717) is 19.6 Å². The van der Waals surface area contributed by atoms with Crippen LogP contribution in [0, 0.1) is 30.6 Å². The van der Waals surface area contributed by atoms with Gasteiger partial charge < -0.3 is 49.8 Å². The van der Waals surface area contributed by atoms with Gasteiger partial charge in [0.1, 0.15) is 23.4 Å². The number of rotatable bonds is 6. The summed E-state index contributed by atoms with van der Waals surface area (Å²) in [5, 5.41) is 68.5. The smallest absolute Gasteiger partial charge is 0.312 e. The number of Topliss-reactive ketones (excluding diaryl/α,β-unsaturated/α-hetero) is 1. The number of piperazine rings is 1. The highest BCUT2D eigenvalue weighted by Crippen LogP contribution is 2.55. The quantitative estimate of drug-likeness (QED) is 0.0612. The third-order valence-corrected chi connectivity index (χ3v) is 14.2. The molecule has 0 radical (unpaired) electrons. The van der Waals surface area contributed by atoms with E-state index in [4.69, 9.17) is 24.0 Å². The number of nitrogens with one attached hydrogen (secondary N) is 1. The van der Waals surface area contributed by atoms with Crippen LogP contribution in [0.4, 0.5) is 5.69 Å². The Morgan fingerprint density at radius 3 is 2.19 bits per heavy atom. The number of ketones is 1. The summed E-state index contributed by atoms with van der Waals surface area (Å²) in [5.41, 5.74) is -0.206. The second-order valence-corrected chi connectivity index (χ2v) is 20.4. The zero-order chi connectivity index (χ0) is 51.1. The van der Waals surface area contributed by atoms with Crippen LogP contribution < -0.4 is 10.1 Å². The molecule has 69 heavy (non-hydrogen) atoms. The molecule has 4 aliphatic heterocycles. The normalized spacial score (nSPS) is 30.7. The van der Waals surface area contributed by atoms with E-state index in [2.05, 4.69) is 36.2 Å². The first kappa shape index (κ1) is 52.4. The molecular formula is C53H70N4O12. The Morgan fingerprint density at radius 1 is 0.884 bits per heavy atom. The average molecular weight is 955 g/mol. The number of aliphatic hydroxyl groups is 2. The van der Waals surface area contributed by atoms with Gasteiger partial charge in [0.05, 0.1) is 65.1 Å². The molecule has 3 aromatic carbocycles. The predicted octanol–water partition coefficient (Wildman–Crippen LogP) is 7.46. The van der Waals surface area contributed by atoms with Crippen LogP contribution in [0.3, 0.4) is 0 Å².